The van der Waals surface area contributed by atoms with Crippen molar-refractivity contribution in [3.05, 3.63) is 36.5 Å². The monoisotopic (exact) mass is 146 g/mol. The molecule has 0 bridgehead atoms. The fourth-order valence-corrected chi connectivity index (χ4v) is 0.539. The zero-order chi connectivity index (χ0) is 8.69. The predicted molar refractivity (Wildman–Crippen MR) is 51.2 cm³/mol. The molecule has 58 valence electrons. The van der Waals surface area contributed by atoms with Gasteiger partial charge in [-0.3, -0.25) is 0 Å². The van der Waals surface area contributed by atoms with Gasteiger partial charge in [0.05, 0.1) is 0 Å². The van der Waals surface area contributed by atoms with Crippen molar-refractivity contribution in [2.75, 3.05) is 0 Å². The van der Waals surface area contributed by atoms with E-state index in [0.717, 1.165) is 17.6 Å². The molecule has 0 unspecified atom stereocenters. The summed E-state index contributed by atoms with van der Waals surface area (Å²) in [6.45, 7) is 11.4. The molecule has 0 aliphatic heterocycles. The van der Waals surface area contributed by atoms with Crippen LogP contribution in [0.25, 0.3) is 0 Å². The summed E-state index contributed by atoms with van der Waals surface area (Å²) in [5.41, 5.74) is 1.94. The molecule has 0 N–H and O–H groups in total. The van der Waals surface area contributed by atoms with E-state index < -0.39 is 0 Å². The van der Waals surface area contributed by atoms with Gasteiger partial charge in [-0.1, -0.05) is 37.7 Å². The van der Waals surface area contributed by atoms with Gasteiger partial charge < -0.3 is 0 Å². The third kappa shape index (κ3) is 5.24. The van der Waals surface area contributed by atoms with Crippen LogP contribution < -0.4 is 0 Å². The van der Waals surface area contributed by atoms with Gasteiger partial charge >= 0.3 is 0 Å². The van der Waals surface area contributed by atoms with Crippen LogP contribution in [0.2, 0.25) is 0 Å². The van der Waals surface area contributed by atoms with Crippen LogP contribution in [-0.2, 0) is 0 Å². The number of allylic oxidation sites excluding steroid dienone is 4. The Balaban J connectivity index is 4.00. The average molecular weight is 146 g/mol. The van der Waals surface area contributed by atoms with E-state index in [-0.39, 0.29) is 0 Å². The molecular weight excluding hydrogens is 132 g/mol. The number of hydrogen-bond acceptors (Lipinski definition) is 0. The van der Waals surface area contributed by atoms with Crippen LogP contribution in [0.5, 0.6) is 0 Å². The normalized spacial score (nSPS) is 8.91. The zero-order valence-electron chi connectivity index (χ0n) is 7.28. The fraction of sp³-hybridized carbons (Fsp3) is 0.273. The topological polar surface area (TPSA) is 0 Å². The van der Waals surface area contributed by atoms with E-state index in [4.69, 9.17) is 0 Å². The smallest absolute Gasteiger partial charge is 0.0173 e. The maximum Gasteiger partial charge on any atom is 0.0173 e. The molecule has 11 heavy (non-hydrogen) atoms. The molecule has 0 nitrogen and oxygen atoms in total. The van der Waals surface area contributed by atoms with Crippen molar-refractivity contribution >= 4 is 0 Å². The molecular formula is C11H14. The second kappa shape index (κ2) is 5.56. The molecule has 0 saturated carbocycles. The van der Waals surface area contributed by atoms with Gasteiger partial charge in [-0.15, -0.1) is 5.92 Å². The van der Waals surface area contributed by atoms with Crippen LogP contribution >= 0.6 is 0 Å². The van der Waals surface area contributed by atoms with Crippen molar-refractivity contribution in [2.24, 2.45) is 0 Å². The molecule has 0 radical (unpaired) electrons. The van der Waals surface area contributed by atoms with Gasteiger partial charge in [-0.05, 0) is 19.4 Å². The minimum atomic E-state index is 0.835. The standard InChI is InChI=1S/C11H14/c1-5-7-11(4)9-8-10(3)6-2/h8-9H,3-4,6H2,1-2H3/b9-8-. The highest BCUT2D eigenvalue weighted by Gasteiger charge is 1.81. The van der Waals surface area contributed by atoms with E-state index in [2.05, 4.69) is 31.9 Å². The molecule has 0 heterocycles. The minimum absolute atomic E-state index is 0.835. The first-order valence-electron chi connectivity index (χ1n) is 3.68. The van der Waals surface area contributed by atoms with E-state index in [0.29, 0.717) is 0 Å². The number of rotatable bonds is 3. The molecule has 0 aliphatic rings. The van der Waals surface area contributed by atoms with E-state index in [1.54, 1.807) is 6.92 Å². The summed E-state index contributed by atoms with van der Waals surface area (Å²) in [6, 6.07) is 0. The minimum Gasteiger partial charge on any atom is -0.101 e. The molecule has 0 aliphatic carbocycles. The van der Waals surface area contributed by atoms with Gasteiger partial charge in [-0.2, -0.15) is 0 Å². The average Bonchev–Trinajstić information content (AvgIpc) is 2.01. The summed E-state index contributed by atoms with van der Waals surface area (Å²) in [5.74, 6) is 5.63. The first kappa shape index (κ1) is 9.78. The Bertz CT molecular complexity index is 230. The SMILES string of the molecule is C=C(C#CC)/C=C\C(=C)CC. The fourth-order valence-electron chi connectivity index (χ4n) is 0.539. The Morgan fingerprint density at radius 3 is 2.45 bits per heavy atom. The maximum absolute atomic E-state index is 3.83. The molecule has 0 amide bonds. The summed E-state index contributed by atoms with van der Waals surface area (Å²) in [5, 5.41) is 0. The molecule has 0 aromatic carbocycles. The Labute approximate surface area is 69.3 Å². The van der Waals surface area contributed by atoms with Gasteiger partial charge in [0.2, 0.25) is 0 Å². The second-order valence-corrected chi connectivity index (χ2v) is 2.25. The van der Waals surface area contributed by atoms with Gasteiger partial charge in [0.15, 0.2) is 0 Å². The van der Waals surface area contributed by atoms with Crippen LogP contribution in [0, 0.1) is 11.8 Å². The molecule has 0 spiro atoms. The third-order valence-electron chi connectivity index (χ3n) is 1.26. The largest absolute Gasteiger partial charge is 0.101 e. The molecule has 0 heteroatoms. The summed E-state index contributed by atoms with van der Waals surface area (Å²) in [6.07, 6.45) is 4.82. The molecule has 0 rings (SSSR count). The van der Waals surface area contributed by atoms with Gasteiger partial charge in [0, 0.05) is 5.57 Å². The van der Waals surface area contributed by atoms with Crippen molar-refractivity contribution in [2.45, 2.75) is 20.3 Å². The Morgan fingerprint density at radius 2 is 2.00 bits per heavy atom. The Kier molecular flexibility index (Phi) is 4.94. The summed E-state index contributed by atoms with van der Waals surface area (Å²) < 4.78 is 0. The highest BCUT2D eigenvalue weighted by atomic mass is 13.9. The molecule has 0 saturated heterocycles. The molecule has 0 aromatic rings. The molecule has 0 atom stereocenters. The van der Waals surface area contributed by atoms with Crippen LogP contribution in [0.4, 0.5) is 0 Å². The maximum atomic E-state index is 3.83. The molecule has 0 fully saturated rings. The highest BCUT2D eigenvalue weighted by Crippen LogP contribution is 2.00. The van der Waals surface area contributed by atoms with Crippen molar-refractivity contribution in [1.29, 1.82) is 0 Å². The highest BCUT2D eigenvalue weighted by molar-refractivity contribution is 5.37. The van der Waals surface area contributed by atoms with Crippen LogP contribution in [0.3, 0.4) is 0 Å². The predicted octanol–water partition coefficient (Wildman–Crippen LogP) is 3.09. The van der Waals surface area contributed by atoms with Crippen molar-refractivity contribution < 1.29 is 0 Å². The lowest BCUT2D eigenvalue weighted by molar-refractivity contribution is 1.16. The van der Waals surface area contributed by atoms with Crippen LogP contribution in [0.1, 0.15) is 20.3 Å². The summed E-state index contributed by atoms with van der Waals surface area (Å²) >= 11 is 0. The van der Waals surface area contributed by atoms with E-state index in [1.807, 2.05) is 12.2 Å². The zero-order valence-corrected chi connectivity index (χ0v) is 7.28. The Hall–Kier alpha value is -1.22. The quantitative estimate of drug-likeness (QED) is 0.424. The van der Waals surface area contributed by atoms with Crippen LogP contribution in [0.15, 0.2) is 36.5 Å². The van der Waals surface area contributed by atoms with Crippen molar-refractivity contribution in [3.63, 3.8) is 0 Å². The second-order valence-electron chi connectivity index (χ2n) is 2.25. The first-order chi connectivity index (χ1) is 5.20. The van der Waals surface area contributed by atoms with E-state index >= 15 is 0 Å². The van der Waals surface area contributed by atoms with Crippen LogP contribution in [-0.4, -0.2) is 0 Å². The van der Waals surface area contributed by atoms with E-state index in [9.17, 15) is 0 Å². The van der Waals surface area contributed by atoms with Gasteiger partial charge in [0.1, 0.15) is 0 Å². The van der Waals surface area contributed by atoms with Crippen molar-refractivity contribution in [3.8, 4) is 11.8 Å². The molecule has 0 aromatic heterocycles. The summed E-state index contributed by atoms with van der Waals surface area (Å²) in [4.78, 5) is 0. The lowest BCUT2D eigenvalue weighted by Gasteiger charge is -1.89. The van der Waals surface area contributed by atoms with Gasteiger partial charge in [-0.25, -0.2) is 0 Å². The van der Waals surface area contributed by atoms with Gasteiger partial charge in [0.25, 0.3) is 0 Å². The van der Waals surface area contributed by atoms with Crippen molar-refractivity contribution in [1.82, 2.24) is 0 Å². The van der Waals surface area contributed by atoms with E-state index in [1.165, 1.54) is 0 Å². The third-order valence-corrected chi connectivity index (χ3v) is 1.26. The summed E-state index contributed by atoms with van der Waals surface area (Å²) in [7, 11) is 0. The lowest BCUT2D eigenvalue weighted by atomic mass is 10.2. The first-order valence-corrected chi connectivity index (χ1v) is 3.68. The lowest BCUT2D eigenvalue weighted by Crippen LogP contribution is -1.71. The Morgan fingerprint density at radius 1 is 1.36 bits per heavy atom. The number of hydrogen-bond donors (Lipinski definition) is 0.